The summed E-state index contributed by atoms with van der Waals surface area (Å²) in [5.74, 6) is 1.15. The molecule has 2 bridgehead atoms. The minimum Gasteiger partial charge on any atom is -0.343 e. The first-order chi connectivity index (χ1) is 9.35. The van der Waals surface area contributed by atoms with Gasteiger partial charge in [0.1, 0.15) is 0 Å². The van der Waals surface area contributed by atoms with Gasteiger partial charge in [0, 0.05) is 32.1 Å². The van der Waals surface area contributed by atoms with Gasteiger partial charge in [0.2, 0.25) is 5.91 Å². The first-order valence-electron chi connectivity index (χ1n) is 8.36. The van der Waals surface area contributed by atoms with Crippen molar-refractivity contribution in [2.24, 2.45) is 16.7 Å². The van der Waals surface area contributed by atoms with Crippen LogP contribution in [0.1, 0.15) is 60.3 Å². The minimum absolute atomic E-state index is 0.286. The molecule has 0 aromatic carbocycles. The summed E-state index contributed by atoms with van der Waals surface area (Å²) in [7, 11) is 0. The lowest BCUT2D eigenvalue weighted by Crippen LogP contribution is -2.51. The van der Waals surface area contributed by atoms with Crippen LogP contribution in [0.3, 0.4) is 0 Å². The predicted molar refractivity (Wildman–Crippen MR) is 83.6 cm³/mol. The molecule has 0 radical (unpaired) electrons. The first-order valence-corrected chi connectivity index (χ1v) is 8.36. The van der Waals surface area contributed by atoms with Crippen LogP contribution in [0.15, 0.2) is 0 Å². The van der Waals surface area contributed by atoms with Crippen molar-refractivity contribution >= 4 is 5.91 Å². The third-order valence-electron chi connectivity index (χ3n) is 6.07. The monoisotopic (exact) mass is 280 g/mol. The van der Waals surface area contributed by atoms with Crippen molar-refractivity contribution in [2.75, 3.05) is 19.6 Å². The summed E-state index contributed by atoms with van der Waals surface area (Å²) in [6, 6.07) is 0.568. The Morgan fingerprint density at radius 1 is 1.25 bits per heavy atom. The Morgan fingerprint density at radius 3 is 2.40 bits per heavy atom. The maximum Gasteiger partial charge on any atom is 0.223 e. The average molecular weight is 280 g/mol. The highest BCUT2D eigenvalue weighted by Gasteiger charge is 2.58. The molecule has 3 nitrogen and oxygen atoms in total. The largest absolute Gasteiger partial charge is 0.343 e. The van der Waals surface area contributed by atoms with Crippen molar-refractivity contribution in [1.29, 1.82) is 0 Å². The normalized spacial score (nSPS) is 34.5. The number of amides is 1. The van der Waals surface area contributed by atoms with E-state index < -0.39 is 0 Å². The topological polar surface area (TPSA) is 32.3 Å². The zero-order valence-corrected chi connectivity index (χ0v) is 14.0. The fourth-order valence-corrected chi connectivity index (χ4v) is 4.87. The number of hydrogen-bond donors (Lipinski definition) is 1. The van der Waals surface area contributed by atoms with E-state index in [1.165, 1.54) is 19.3 Å². The van der Waals surface area contributed by atoms with Gasteiger partial charge in [-0.2, -0.15) is 0 Å². The average Bonchev–Trinajstić information content (AvgIpc) is 2.86. The molecule has 20 heavy (non-hydrogen) atoms. The summed E-state index contributed by atoms with van der Waals surface area (Å²) >= 11 is 0. The number of carbonyl (C=O) groups is 1. The molecule has 2 saturated carbocycles. The molecular formula is C17H32N2O. The molecule has 2 fully saturated rings. The van der Waals surface area contributed by atoms with Crippen LogP contribution in [0.2, 0.25) is 0 Å². The highest BCUT2D eigenvalue weighted by Crippen LogP contribution is 2.62. The van der Waals surface area contributed by atoms with Crippen LogP contribution >= 0.6 is 0 Å². The number of nitrogens with one attached hydrogen (secondary N) is 1. The van der Waals surface area contributed by atoms with Crippen LogP contribution < -0.4 is 5.32 Å². The van der Waals surface area contributed by atoms with Gasteiger partial charge < -0.3 is 10.2 Å². The maximum atomic E-state index is 12.1. The minimum atomic E-state index is 0.286. The van der Waals surface area contributed by atoms with Crippen molar-refractivity contribution in [3.63, 3.8) is 0 Å². The molecule has 116 valence electrons. The number of fused-ring (bicyclic) bond motifs is 2. The van der Waals surface area contributed by atoms with E-state index in [-0.39, 0.29) is 5.91 Å². The fraction of sp³-hybridized carbons (Fsp3) is 0.941. The van der Waals surface area contributed by atoms with Gasteiger partial charge >= 0.3 is 0 Å². The number of hydrogen-bond acceptors (Lipinski definition) is 2. The number of nitrogens with zero attached hydrogens (tertiary/aromatic N) is 1. The Labute approximate surface area is 124 Å². The summed E-state index contributed by atoms with van der Waals surface area (Å²) in [6.07, 6.45) is 4.74. The molecule has 1 unspecified atom stereocenters. The van der Waals surface area contributed by atoms with Crippen LogP contribution in [0.4, 0.5) is 0 Å². The van der Waals surface area contributed by atoms with Gasteiger partial charge in [-0.3, -0.25) is 4.79 Å². The van der Waals surface area contributed by atoms with Crippen LogP contribution in [-0.4, -0.2) is 36.5 Å². The second kappa shape index (κ2) is 5.67. The Balaban J connectivity index is 1.87. The third-order valence-corrected chi connectivity index (χ3v) is 6.07. The van der Waals surface area contributed by atoms with E-state index in [9.17, 15) is 4.79 Å². The quantitative estimate of drug-likeness (QED) is 0.811. The molecule has 0 aromatic rings. The van der Waals surface area contributed by atoms with E-state index in [0.29, 0.717) is 23.3 Å². The molecule has 3 atom stereocenters. The Bertz CT molecular complexity index is 357. The fourth-order valence-electron chi connectivity index (χ4n) is 4.87. The second-order valence-corrected chi connectivity index (χ2v) is 7.62. The lowest BCUT2D eigenvalue weighted by Gasteiger charge is -2.43. The van der Waals surface area contributed by atoms with Crippen molar-refractivity contribution in [2.45, 2.75) is 66.3 Å². The van der Waals surface area contributed by atoms with E-state index in [2.05, 4.69) is 39.9 Å². The van der Waals surface area contributed by atoms with Gasteiger partial charge in [-0.1, -0.05) is 20.8 Å². The number of carbonyl (C=O) groups excluding carboxylic acids is 1. The lowest BCUT2D eigenvalue weighted by molar-refractivity contribution is -0.130. The van der Waals surface area contributed by atoms with Crippen molar-refractivity contribution < 1.29 is 4.79 Å². The summed E-state index contributed by atoms with van der Waals surface area (Å²) in [5, 5.41) is 3.73. The molecular weight excluding hydrogens is 248 g/mol. The van der Waals surface area contributed by atoms with Crippen molar-refractivity contribution in [3.8, 4) is 0 Å². The highest BCUT2D eigenvalue weighted by molar-refractivity contribution is 5.76. The van der Waals surface area contributed by atoms with Crippen LogP contribution in [0.5, 0.6) is 0 Å². The van der Waals surface area contributed by atoms with Gasteiger partial charge in [0.05, 0.1) is 0 Å². The van der Waals surface area contributed by atoms with Crippen molar-refractivity contribution in [1.82, 2.24) is 10.2 Å². The molecule has 1 amide bonds. The standard InChI is InChI=1S/C17H32N2O/c1-6-19(7-2)14(20)9-11-18-15-16(3,4)13-8-10-17(15,5)12-13/h13,15,18H,6-12H2,1-5H3/t13-,15?,17+/m0/s1. The van der Waals surface area contributed by atoms with Crippen molar-refractivity contribution in [3.05, 3.63) is 0 Å². The molecule has 0 aliphatic heterocycles. The highest BCUT2D eigenvalue weighted by atomic mass is 16.2. The summed E-state index contributed by atoms with van der Waals surface area (Å²) < 4.78 is 0. The molecule has 0 heterocycles. The maximum absolute atomic E-state index is 12.1. The summed E-state index contributed by atoms with van der Waals surface area (Å²) in [5.41, 5.74) is 0.831. The van der Waals surface area contributed by atoms with Gasteiger partial charge in [-0.15, -0.1) is 0 Å². The smallest absolute Gasteiger partial charge is 0.223 e. The molecule has 0 spiro atoms. The van der Waals surface area contributed by atoms with Crippen LogP contribution in [0, 0.1) is 16.7 Å². The van der Waals surface area contributed by atoms with E-state index in [1.807, 2.05) is 4.90 Å². The van der Waals surface area contributed by atoms with Gasteiger partial charge in [0.15, 0.2) is 0 Å². The molecule has 3 heteroatoms. The van der Waals surface area contributed by atoms with E-state index in [0.717, 1.165) is 25.6 Å². The molecule has 1 N–H and O–H groups in total. The number of rotatable bonds is 6. The van der Waals surface area contributed by atoms with Crippen LogP contribution in [-0.2, 0) is 4.79 Å². The predicted octanol–water partition coefficient (Wildman–Crippen LogP) is 3.05. The Morgan fingerprint density at radius 2 is 1.90 bits per heavy atom. The second-order valence-electron chi connectivity index (χ2n) is 7.62. The Kier molecular flexibility index (Phi) is 4.48. The molecule has 0 aromatic heterocycles. The zero-order chi connectivity index (χ0) is 15.0. The molecule has 2 aliphatic rings. The van der Waals surface area contributed by atoms with Gasteiger partial charge in [0.25, 0.3) is 0 Å². The van der Waals surface area contributed by atoms with E-state index >= 15 is 0 Å². The van der Waals surface area contributed by atoms with Crippen LogP contribution in [0.25, 0.3) is 0 Å². The van der Waals surface area contributed by atoms with E-state index in [4.69, 9.17) is 0 Å². The summed E-state index contributed by atoms with van der Waals surface area (Å²) in [6.45, 7) is 13.8. The molecule has 0 saturated heterocycles. The Hall–Kier alpha value is -0.570. The van der Waals surface area contributed by atoms with E-state index in [1.54, 1.807) is 0 Å². The van der Waals surface area contributed by atoms with Gasteiger partial charge in [-0.05, 0) is 49.9 Å². The third kappa shape index (κ3) is 2.61. The summed E-state index contributed by atoms with van der Waals surface area (Å²) in [4.78, 5) is 14.0. The SMILES string of the molecule is CCN(CC)C(=O)CCNC1C(C)(C)[C@H]2CC[C@]1(C)C2. The zero-order valence-electron chi connectivity index (χ0n) is 14.0. The first kappa shape index (κ1) is 15.8. The lowest BCUT2D eigenvalue weighted by atomic mass is 9.68. The molecule has 2 aliphatic carbocycles. The molecule has 2 rings (SSSR count). The van der Waals surface area contributed by atoms with Gasteiger partial charge in [-0.25, -0.2) is 0 Å².